The van der Waals surface area contributed by atoms with Crippen LogP contribution in [0.1, 0.15) is 13.8 Å². The van der Waals surface area contributed by atoms with E-state index in [1.165, 1.54) is 6.33 Å². The molecule has 70 valence electrons. The van der Waals surface area contributed by atoms with Crippen LogP contribution in [0.25, 0.3) is 0 Å². The van der Waals surface area contributed by atoms with Gasteiger partial charge in [-0.2, -0.15) is 10.4 Å². The smallest absolute Gasteiger partial charge is 0.137 e. The Morgan fingerprint density at radius 2 is 2.46 bits per heavy atom. The van der Waals surface area contributed by atoms with Crippen LogP contribution in [-0.4, -0.2) is 26.8 Å². The third kappa shape index (κ3) is 2.53. The summed E-state index contributed by atoms with van der Waals surface area (Å²) in [7, 11) is 0. The van der Waals surface area contributed by atoms with Crippen molar-refractivity contribution in [3.63, 3.8) is 0 Å². The number of nitrogens with one attached hydrogen (secondary N) is 1. The highest BCUT2D eigenvalue weighted by Gasteiger charge is 2.22. The van der Waals surface area contributed by atoms with Crippen molar-refractivity contribution in [2.24, 2.45) is 0 Å². The number of hydrogen-bond acceptors (Lipinski definition) is 4. The first-order valence-corrected chi connectivity index (χ1v) is 4.19. The molecule has 1 atom stereocenters. The topological polar surface area (TPSA) is 66.5 Å². The monoisotopic (exact) mass is 179 g/mol. The zero-order chi connectivity index (χ0) is 9.73. The molecule has 5 heteroatoms. The first-order valence-electron chi connectivity index (χ1n) is 4.19. The van der Waals surface area contributed by atoms with Gasteiger partial charge < -0.3 is 0 Å². The maximum absolute atomic E-state index is 8.94. The molecule has 1 aromatic heterocycles. The van der Waals surface area contributed by atoms with Gasteiger partial charge in [-0.1, -0.05) is 6.92 Å². The summed E-state index contributed by atoms with van der Waals surface area (Å²) in [5, 5.41) is 16.0. The van der Waals surface area contributed by atoms with Crippen LogP contribution in [0.15, 0.2) is 12.7 Å². The molecular weight excluding hydrogens is 166 g/mol. The van der Waals surface area contributed by atoms with E-state index in [1.54, 1.807) is 11.0 Å². The SMILES string of the molecule is CCNC(C)(C#N)Cn1cncn1. The van der Waals surface area contributed by atoms with Crippen molar-refractivity contribution in [1.82, 2.24) is 20.1 Å². The first kappa shape index (κ1) is 9.68. The highest BCUT2D eigenvalue weighted by atomic mass is 15.3. The molecule has 0 saturated carbocycles. The van der Waals surface area contributed by atoms with Crippen molar-refractivity contribution in [1.29, 1.82) is 5.26 Å². The van der Waals surface area contributed by atoms with Crippen LogP contribution in [0.5, 0.6) is 0 Å². The summed E-state index contributed by atoms with van der Waals surface area (Å²) in [5.74, 6) is 0. The highest BCUT2D eigenvalue weighted by molar-refractivity contribution is 5.03. The largest absolute Gasteiger partial charge is 0.298 e. The van der Waals surface area contributed by atoms with Gasteiger partial charge in [-0.25, -0.2) is 4.98 Å². The Bertz CT molecular complexity index is 286. The van der Waals surface area contributed by atoms with E-state index in [-0.39, 0.29) is 0 Å². The molecule has 0 bridgehead atoms. The van der Waals surface area contributed by atoms with Crippen molar-refractivity contribution in [3.05, 3.63) is 12.7 Å². The van der Waals surface area contributed by atoms with E-state index >= 15 is 0 Å². The lowest BCUT2D eigenvalue weighted by Gasteiger charge is -2.21. The van der Waals surface area contributed by atoms with E-state index < -0.39 is 5.54 Å². The Balaban J connectivity index is 2.65. The van der Waals surface area contributed by atoms with Crippen molar-refractivity contribution >= 4 is 0 Å². The number of hydrogen-bond donors (Lipinski definition) is 1. The molecule has 0 fully saturated rings. The summed E-state index contributed by atoms with van der Waals surface area (Å²) in [6.45, 7) is 5.09. The second-order valence-corrected chi connectivity index (χ2v) is 3.07. The second-order valence-electron chi connectivity index (χ2n) is 3.07. The number of nitriles is 1. The van der Waals surface area contributed by atoms with Gasteiger partial charge in [0.05, 0.1) is 12.6 Å². The molecule has 0 saturated heterocycles. The standard InChI is InChI=1S/C8H13N5/c1-3-11-8(2,4-9)5-13-7-10-6-12-13/h6-7,11H,3,5H2,1-2H3. The summed E-state index contributed by atoms with van der Waals surface area (Å²) in [6.07, 6.45) is 3.07. The fourth-order valence-corrected chi connectivity index (χ4v) is 1.16. The number of likely N-dealkylation sites (N-methyl/N-ethyl adjacent to an activating group) is 1. The Hall–Kier alpha value is -1.41. The van der Waals surface area contributed by atoms with Crippen LogP contribution < -0.4 is 5.32 Å². The Kier molecular flexibility index (Phi) is 2.98. The van der Waals surface area contributed by atoms with Gasteiger partial charge in [0, 0.05) is 0 Å². The zero-order valence-electron chi connectivity index (χ0n) is 7.86. The maximum Gasteiger partial charge on any atom is 0.137 e. The molecule has 0 amide bonds. The minimum absolute atomic E-state index is 0.511. The van der Waals surface area contributed by atoms with E-state index in [9.17, 15) is 0 Å². The molecule has 0 radical (unpaired) electrons. The molecule has 5 nitrogen and oxygen atoms in total. The Morgan fingerprint density at radius 3 is 2.92 bits per heavy atom. The van der Waals surface area contributed by atoms with Crippen molar-refractivity contribution in [2.45, 2.75) is 25.9 Å². The molecule has 1 unspecified atom stereocenters. The van der Waals surface area contributed by atoms with Gasteiger partial charge in [-0.15, -0.1) is 0 Å². The zero-order valence-corrected chi connectivity index (χ0v) is 7.86. The third-order valence-corrected chi connectivity index (χ3v) is 1.76. The van der Waals surface area contributed by atoms with Gasteiger partial charge >= 0.3 is 0 Å². The Labute approximate surface area is 77.4 Å². The van der Waals surface area contributed by atoms with Crippen LogP contribution in [0.4, 0.5) is 0 Å². The van der Waals surface area contributed by atoms with E-state index in [0.29, 0.717) is 6.54 Å². The molecular formula is C8H13N5. The van der Waals surface area contributed by atoms with E-state index in [4.69, 9.17) is 5.26 Å². The van der Waals surface area contributed by atoms with Gasteiger partial charge in [-0.3, -0.25) is 10.00 Å². The summed E-state index contributed by atoms with van der Waals surface area (Å²) in [4.78, 5) is 3.82. The average Bonchev–Trinajstić information content (AvgIpc) is 2.57. The van der Waals surface area contributed by atoms with Crippen LogP contribution in [0, 0.1) is 11.3 Å². The summed E-state index contributed by atoms with van der Waals surface area (Å²) < 4.78 is 1.64. The van der Waals surface area contributed by atoms with Gasteiger partial charge in [0.25, 0.3) is 0 Å². The van der Waals surface area contributed by atoms with Crippen molar-refractivity contribution < 1.29 is 0 Å². The fourth-order valence-electron chi connectivity index (χ4n) is 1.16. The molecule has 13 heavy (non-hydrogen) atoms. The fraction of sp³-hybridized carbons (Fsp3) is 0.625. The lowest BCUT2D eigenvalue weighted by atomic mass is 10.1. The Morgan fingerprint density at radius 1 is 1.69 bits per heavy atom. The van der Waals surface area contributed by atoms with Gasteiger partial charge in [0.2, 0.25) is 0 Å². The summed E-state index contributed by atoms with van der Waals surface area (Å²) in [5.41, 5.74) is -0.567. The van der Waals surface area contributed by atoms with E-state index in [1.807, 2.05) is 13.8 Å². The van der Waals surface area contributed by atoms with Gasteiger partial charge in [0.1, 0.15) is 18.2 Å². The van der Waals surface area contributed by atoms with Crippen LogP contribution >= 0.6 is 0 Å². The van der Waals surface area contributed by atoms with E-state index in [0.717, 1.165) is 6.54 Å². The lowest BCUT2D eigenvalue weighted by molar-refractivity contribution is 0.377. The minimum Gasteiger partial charge on any atom is -0.298 e. The molecule has 0 aromatic carbocycles. The number of rotatable bonds is 4. The minimum atomic E-state index is -0.567. The number of aromatic nitrogens is 3. The summed E-state index contributed by atoms with van der Waals surface area (Å²) in [6, 6.07) is 2.22. The second kappa shape index (κ2) is 4.01. The molecule has 1 rings (SSSR count). The van der Waals surface area contributed by atoms with Crippen molar-refractivity contribution in [3.8, 4) is 6.07 Å². The van der Waals surface area contributed by atoms with Gasteiger partial charge in [-0.05, 0) is 13.5 Å². The maximum atomic E-state index is 8.94. The highest BCUT2D eigenvalue weighted by Crippen LogP contribution is 2.04. The molecule has 0 aliphatic heterocycles. The van der Waals surface area contributed by atoms with Crippen LogP contribution in [0.3, 0.4) is 0 Å². The molecule has 1 aromatic rings. The van der Waals surface area contributed by atoms with Crippen molar-refractivity contribution in [2.75, 3.05) is 6.54 Å². The predicted octanol–water partition coefficient (Wildman–Crippen LogP) is 0.170. The summed E-state index contributed by atoms with van der Waals surface area (Å²) >= 11 is 0. The van der Waals surface area contributed by atoms with E-state index in [2.05, 4.69) is 21.5 Å². The quantitative estimate of drug-likeness (QED) is 0.715. The van der Waals surface area contributed by atoms with Crippen LogP contribution in [0.2, 0.25) is 0 Å². The lowest BCUT2D eigenvalue weighted by Crippen LogP contribution is -2.44. The predicted molar refractivity (Wildman–Crippen MR) is 47.7 cm³/mol. The molecule has 0 aliphatic rings. The molecule has 0 spiro atoms. The third-order valence-electron chi connectivity index (χ3n) is 1.76. The van der Waals surface area contributed by atoms with Crippen LogP contribution in [-0.2, 0) is 6.54 Å². The number of nitrogens with zero attached hydrogens (tertiary/aromatic N) is 4. The molecule has 0 aliphatic carbocycles. The molecule has 1 heterocycles. The van der Waals surface area contributed by atoms with Gasteiger partial charge in [0.15, 0.2) is 0 Å². The average molecular weight is 179 g/mol. The molecule has 1 N–H and O–H groups in total. The normalized spacial score (nSPS) is 14.8. The first-order chi connectivity index (χ1) is 6.20.